The fourth-order valence-electron chi connectivity index (χ4n) is 0. The third kappa shape index (κ3) is 479. The maximum absolute atomic E-state index is 0. The Morgan fingerprint density at radius 3 is 0.300 bits per heavy atom. The van der Waals surface area contributed by atoms with Crippen LogP contribution in [0.1, 0.15) is 2.85 Å². The molecule has 0 unspecified atom stereocenters. The van der Waals surface area contributed by atoms with Crippen LogP contribution in [0.5, 0.6) is 0 Å². The van der Waals surface area contributed by atoms with Gasteiger partial charge in [-0.05, 0) is 0 Å². The molecule has 76 valence electrons. The van der Waals surface area contributed by atoms with E-state index in [0.717, 1.165) is 0 Å². The van der Waals surface area contributed by atoms with Crippen molar-refractivity contribution in [1.82, 2.24) is 0 Å². The van der Waals surface area contributed by atoms with Crippen LogP contribution >= 0.6 is 0 Å². The van der Waals surface area contributed by atoms with Crippen molar-refractivity contribution in [2.45, 2.75) is 0 Å². The molecule has 0 spiro atoms. The van der Waals surface area contributed by atoms with Gasteiger partial charge in [-0.25, -0.2) is 0 Å². The molecule has 0 atom stereocenters. The van der Waals surface area contributed by atoms with Gasteiger partial charge in [-0.15, -0.1) is 0 Å². The van der Waals surface area contributed by atoms with Crippen LogP contribution in [0.4, 0.5) is 0 Å². The molecule has 0 aromatic rings. The molecule has 0 saturated heterocycles. The van der Waals surface area contributed by atoms with Crippen LogP contribution in [0.25, 0.3) is 0 Å². The molecule has 0 bridgehead atoms. The van der Waals surface area contributed by atoms with Gasteiger partial charge in [0.25, 0.3) is 0 Å². The van der Waals surface area contributed by atoms with Crippen LogP contribution in [-0.2, 0) is 0 Å². The molecule has 10 heteroatoms. The Morgan fingerprint density at radius 2 is 0.300 bits per heavy atom. The van der Waals surface area contributed by atoms with E-state index in [9.17, 15) is 0 Å². The van der Waals surface area contributed by atoms with Crippen molar-refractivity contribution in [3.63, 3.8) is 0 Å². The van der Waals surface area contributed by atoms with Gasteiger partial charge in [-0.2, -0.15) is 0 Å². The molecule has 0 rings (SSSR count). The Balaban J connectivity index is 0. The quantitative estimate of drug-likeness (QED) is 0.362. The van der Waals surface area contributed by atoms with Crippen LogP contribution < -0.4 is 0 Å². The maximum atomic E-state index is 0. The van der Waals surface area contributed by atoms with Crippen LogP contribution in [0.3, 0.4) is 0 Å². The Kier molecular flexibility index (Phi) is 60800. The second-order valence-electron chi connectivity index (χ2n) is 0. The van der Waals surface area contributed by atoms with Gasteiger partial charge in [0, 0.05) is 0 Å². The summed E-state index contributed by atoms with van der Waals surface area (Å²) in [6.07, 6.45) is 0. The van der Waals surface area contributed by atoms with Crippen LogP contribution in [0.15, 0.2) is 0 Å². The topological polar surface area (TPSA) is 284 Å². The van der Waals surface area contributed by atoms with E-state index >= 15 is 0 Å². The van der Waals surface area contributed by atoms with Crippen molar-refractivity contribution >= 4 is 45.5 Å². The summed E-state index contributed by atoms with van der Waals surface area (Å²) in [6, 6.07) is 0. The van der Waals surface area contributed by atoms with Gasteiger partial charge in [0.1, 0.15) is 0 Å². The molecule has 9 nitrogen and oxygen atoms in total. The van der Waals surface area contributed by atoms with Gasteiger partial charge in [0.2, 0.25) is 0 Å². The molecule has 0 heterocycles. The van der Waals surface area contributed by atoms with Gasteiger partial charge in [-0.1, -0.05) is 0 Å². The van der Waals surface area contributed by atoms with E-state index in [-0.39, 0.29) is 97.6 Å². The van der Waals surface area contributed by atoms with Gasteiger partial charge < -0.3 is 52.1 Å². The van der Waals surface area contributed by atoms with Crippen molar-refractivity contribution in [1.29, 1.82) is 0 Å². The number of hydrogen-bond acceptors (Lipinski definition) is 0. The SMILES string of the molecule is O.O.O.O.O.O.O.O.O.[H-].[H-].[Sr+2]. The summed E-state index contributed by atoms with van der Waals surface area (Å²) in [5.74, 6) is 0. The largest absolute Gasteiger partial charge is 2.00 e. The summed E-state index contributed by atoms with van der Waals surface area (Å²) >= 11 is 0. The third-order valence-corrected chi connectivity index (χ3v) is 0. The summed E-state index contributed by atoms with van der Waals surface area (Å²) < 4.78 is 0. The van der Waals surface area contributed by atoms with Gasteiger partial charge >= 0.3 is 45.5 Å². The first-order chi connectivity index (χ1) is 0. The molecule has 0 amide bonds. The molecule has 0 fully saturated rings. The maximum Gasteiger partial charge on any atom is 2.00 e. The van der Waals surface area contributed by atoms with E-state index in [0.29, 0.717) is 0 Å². The predicted molar refractivity (Wildman–Crippen MR) is 40.5 cm³/mol. The minimum Gasteiger partial charge on any atom is -1.00 e. The van der Waals surface area contributed by atoms with Crippen molar-refractivity contribution in [2.24, 2.45) is 0 Å². The summed E-state index contributed by atoms with van der Waals surface area (Å²) in [5, 5.41) is 0. The molecule has 0 aromatic carbocycles. The van der Waals surface area contributed by atoms with Crippen molar-refractivity contribution in [3.8, 4) is 0 Å². The van der Waals surface area contributed by atoms with Crippen molar-refractivity contribution in [2.75, 3.05) is 0 Å². The average Bonchev–Trinajstić information content (AvgIpc) is 0. The van der Waals surface area contributed by atoms with Crippen LogP contribution in [0, 0.1) is 0 Å². The molecule has 10 heavy (non-hydrogen) atoms. The fraction of sp³-hybridized carbons (Fsp3) is 0. The van der Waals surface area contributed by atoms with Crippen molar-refractivity contribution < 1.29 is 52.1 Å². The first-order valence-corrected chi connectivity index (χ1v) is 0. The second-order valence-corrected chi connectivity index (χ2v) is 0. The summed E-state index contributed by atoms with van der Waals surface area (Å²) in [6.45, 7) is 0. The van der Waals surface area contributed by atoms with Gasteiger partial charge in [0.15, 0.2) is 0 Å². The minimum atomic E-state index is 0. The van der Waals surface area contributed by atoms with Crippen LogP contribution in [-0.4, -0.2) is 94.8 Å². The molecule has 0 aliphatic heterocycles. The first kappa shape index (κ1) is 907. The number of hydrogen-bond donors (Lipinski definition) is 0. The summed E-state index contributed by atoms with van der Waals surface area (Å²) in [4.78, 5) is 0. The minimum absolute atomic E-state index is 0. The van der Waals surface area contributed by atoms with E-state index in [1.54, 1.807) is 0 Å². The predicted octanol–water partition coefficient (Wildman–Crippen LogP) is -7.58. The smallest absolute Gasteiger partial charge is 1.00 e. The van der Waals surface area contributed by atoms with Crippen LogP contribution in [0.2, 0.25) is 0 Å². The molecule has 18 N–H and O–H groups in total. The molecule has 0 aliphatic carbocycles. The zero-order chi connectivity index (χ0) is 0. The van der Waals surface area contributed by atoms with E-state index in [1.165, 1.54) is 0 Å². The molecule has 0 aromatic heterocycles. The molecule has 0 radical (unpaired) electrons. The number of rotatable bonds is 0. The van der Waals surface area contributed by atoms with E-state index in [2.05, 4.69) is 0 Å². The van der Waals surface area contributed by atoms with Crippen molar-refractivity contribution in [3.05, 3.63) is 0 Å². The molecule has 0 saturated carbocycles. The first-order valence-electron chi connectivity index (χ1n) is 0. The Morgan fingerprint density at radius 1 is 0.300 bits per heavy atom. The normalized spacial score (nSPS) is 0. The monoisotopic (exact) mass is 252 g/mol. The van der Waals surface area contributed by atoms with E-state index < -0.39 is 0 Å². The summed E-state index contributed by atoms with van der Waals surface area (Å²) in [7, 11) is 0. The Hall–Kier alpha value is 1.12. The van der Waals surface area contributed by atoms with Gasteiger partial charge in [0.05, 0.1) is 0 Å². The zero-order valence-electron chi connectivity index (χ0n) is 7.21. The zero-order valence-corrected chi connectivity index (χ0v) is 8.68. The fourth-order valence-corrected chi connectivity index (χ4v) is 0. The van der Waals surface area contributed by atoms with Gasteiger partial charge in [-0.3, -0.25) is 0 Å². The standard InChI is InChI=1S/9H2O.Sr.2H/h9*1H2;;;/q;;;;;;;;;+2;2*-1. The average molecular weight is 252 g/mol. The summed E-state index contributed by atoms with van der Waals surface area (Å²) in [5.41, 5.74) is 0. The van der Waals surface area contributed by atoms with E-state index in [4.69, 9.17) is 0 Å². The third-order valence-electron chi connectivity index (χ3n) is 0. The molecular weight excluding hydrogens is 232 g/mol. The Bertz CT molecular complexity index is 12.5. The van der Waals surface area contributed by atoms with E-state index in [1.807, 2.05) is 0 Å². The second kappa shape index (κ2) is 671. The molecular formula is H20O9Sr. The Labute approximate surface area is 97.1 Å². The molecule has 0 aliphatic rings.